The summed E-state index contributed by atoms with van der Waals surface area (Å²) in [5, 5.41) is 1.93. The summed E-state index contributed by atoms with van der Waals surface area (Å²) >= 11 is 18.6. The summed E-state index contributed by atoms with van der Waals surface area (Å²) < 4.78 is 26.4. The molecule has 0 saturated carbocycles. The first kappa shape index (κ1) is 57.4. The van der Waals surface area contributed by atoms with E-state index in [0.717, 1.165) is 51.4 Å². The van der Waals surface area contributed by atoms with Gasteiger partial charge in [0, 0.05) is 0 Å². The third-order valence-corrected chi connectivity index (χ3v) is 19.4. The molecule has 0 heterocycles. The van der Waals surface area contributed by atoms with Crippen LogP contribution in [0.2, 0.25) is 0 Å². The number of hydrogen-bond donors (Lipinski definition) is 0. The zero-order valence-electron chi connectivity index (χ0n) is 38.1. The smallest absolute Gasteiger partial charge is 0.0654 e. The van der Waals surface area contributed by atoms with Gasteiger partial charge in [0.25, 0.3) is 0 Å². The molecule has 0 aliphatic heterocycles. The van der Waals surface area contributed by atoms with E-state index in [2.05, 4.69) is 27.7 Å². The zero-order valence-corrected chi connectivity index (χ0v) is 44.2. The van der Waals surface area contributed by atoms with Crippen molar-refractivity contribution in [2.24, 2.45) is 0 Å². The van der Waals surface area contributed by atoms with Gasteiger partial charge >= 0.3 is 358 Å². The Kier molecular flexibility index (Phi) is 44.7. The van der Waals surface area contributed by atoms with Gasteiger partial charge in [0.15, 0.2) is 0 Å². The molecule has 0 atom stereocenters. The first-order valence-corrected chi connectivity index (χ1v) is 31.0. The molecule has 0 aromatic rings. The molecular weight excluding hydrogens is 888 g/mol. The molecule has 0 N–H and O–H groups in total. The second-order valence-corrected chi connectivity index (χ2v) is 23.7. The van der Waals surface area contributed by atoms with Crippen LogP contribution in [-0.2, 0) is 12.3 Å². The van der Waals surface area contributed by atoms with E-state index in [9.17, 15) is 0 Å². The van der Waals surface area contributed by atoms with Crippen molar-refractivity contribution in [1.82, 2.24) is 0 Å². The molecule has 57 heavy (non-hydrogen) atoms. The average molecular weight is 980 g/mol. The summed E-state index contributed by atoms with van der Waals surface area (Å²) in [4.78, 5) is 0. The SMILES string of the molecule is CCCCCCCCCCCC(=S)[O][Sn]([O]C(=S)CCCCCCCCCCC)([O]C(=S)CCCCCCCCCCC)[O]C(=S)CCCCCCCCCCC. The molecule has 0 aliphatic rings. The fourth-order valence-corrected chi connectivity index (χ4v) is 15.6. The Hall–Kier alpha value is 0.359. The van der Waals surface area contributed by atoms with Crippen molar-refractivity contribution < 1.29 is 12.3 Å². The van der Waals surface area contributed by atoms with E-state index in [1.54, 1.807) is 0 Å². The molecule has 0 fully saturated rings. The maximum atomic E-state index is 6.61. The summed E-state index contributed by atoms with van der Waals surface area (Å²) in [7, 11) is 0. The molecule has 336 valence electrons. The third kappa shape index (κ3) is 40.2. The van der Waals surface area contributed by atoms with Crippen molar-refractivity contribution in [3.05, 3.63) is 0 Å². The van der Waals surface area contributed by atoms with E-state index in [4.69, 9.17) is 61.2 Å². The number of hydrogen-bond acceptors (Lipinski definition) is 8. The van der Waals surface area contributed by atoms with Crippen LogP contribution in [0.1, 0.15) is 285 Å². The Morgan fingerprint density at radius 2 is 0.386 bits per heavy atom. The minimum atomic E-state index is -5.00. The van der Waals surface area contributed by atoms with Gasteiger partial charge in [-0.1, -0.05) is 27.7 Å². The van der Waals surface area contributed by atoms with E-state index >= 15 is 0 Å². The van der Waals surface area contributed by atoms with Crippen molar-refractivity contribution in [1.29, 1.82) is 0 Å². The number of rotatable bonds is 44. The van der Waals surface area contributed by atoms with Crippen molar-refractivity contribution in [3.63, 3.8) is 0 Å². The van der Waals surface area contributed by atoms with Gasteiger partial charge in [0.2, 0.25) is 0 Å². The fraction of sp³-hybridized carbons (Fsp3) is 0.917. The molecule has 0 aromatic heterocycles. The third-order valence-electron chi connectivity index (χ3n) is 10.9. The zero-order chi connectivity index (χ0) is 41.9. The Bertz CT molecular complexity index is 800. The van der Waals surface area contributed by atoms with Gasteiger partial charge in [0.05, 0.1) is 0 Å². The van der Waals surface area contributed by atoms with Gasteiger partial charge < -0.3 is 0 Å². The molecular formula is C48H92O4S4Sn. The Labute approximate surface area is 383 Å². The van der Waals surface area contributed by atoms with Crippen molar-refractivity contribution >= 4 is 89.1 Å². The van der Waals surface area contributed by atoms with Crippen molar-refractivity contribution in [3.8, 4) is 0 Å². The number of unbranched alkanes of at least 4 members (excludes halogenated alkanes) is 32. The fourth-order valence-electron chi connectivity index (χ4n) is 7.21. The minimum absolute atomic E-state index is 0.483. The predicted molar refractivity (Wildman–Crippen MR) is 268 cm³/mol. The van der Waals surface area contributed by atoms with Crippen LogP contribution in [0.3, 0.4) is 0 Å². The van der Waals surface area contributed by atoms with E-state index in [-0.39, 0.29) is 0 Å². The molecule has 0 aliphatic carbocycles. The molecule has 0 radical (unpaired) electrons. The first-order chi connectivity index (χ1) is 27.8. The standard InChI is InChI=1S/4C12H24OS.Sn/c4*1-2-3-4-5-6-7-8-9-10-11-12(13)14;/h4*2-11H2,1H3,(H,13,14);/q;;;;+4/p-4. The predicted octanol–water partition coefficient (Wildman–Crippen LogP) is 18.5. The quantitative estimate of drug-likeness (QED) is 0.0340. The van der Waals surface area contributed by atoms with E-state index in [1.165, 1.54) is 180 Å². The first-order valence-electron chi connectivity index (χ1n) is 24.7. The summed E-state index contributed by atoms with van der Waals surface area (Å²) in [5.74, 6) is 0. The topological polar surface area (TPSA) is 36.9 Å². The molecule has 0 spiro atoms. The maximum absolute atomic E-state index is 6.61. The van der Waals surface area contributed by atoms with Crippen LogP contribution in [0, 0.1) is 0 Å². The molecule has 0 rings (SSSR count). The molecule has 0 unspecified atom stereocenters. The van der Waals surface area contributed by atoms with Crippen molar-refractivity contribution in [2.45, 2.75) is 285 Å². The number of thiocarbonyl (C=S) groups is 4. The van der Waals surface area contributed by atoms with Crippen molar-refractivity contribution in [2.75, 3.05) is 0 Å². The Balaban J connectivity index is 5.52. The van der Waals surface area contributed by atoms with Crippen LogP contribution < -0.4 is 0 Å². The Morgan fingerprint density at radius 1 is 0.246 bits per heavy atom. The van der Waals surface area contributed by atoms with E-state index in [0.29, 0.717) is 45.9 Å². The summed E-state index contributed by atoms with van der Waals surface area (Å²) in [5.41, 5.74) is 0. The van der Waals surface area contributed by atoms with Gasteiger partial charge in [-0.15, -0.1) is 0 Å². The molecule has 4 nitrogen and oxygen atoms in total. The van der Waals surface area contributed by atoms with Gasteiger partial charge in [-0.25, -0.2) is 0 Å². The summed E-state index contributed by atoms with van der Waals surface area (Å²) in [6.45, 7) is 9.09. The van der Waals surface area contributed by atoms with Gasteiger partial charge in [-0.2, -0.15) is 0 Å². The van der Waals surface area contributed by atoms with Crippen LogP contribution in [0.15, 0.2) is 0 Å². The van der Waals surface area contributed by atoms with Crippen LogP contribution in [0.4, 0.5) is 0 Å². The van der Waals surface area contributed by atoms with E-state index in [1.807, 2.05) is 0 Å². The second kappa shape index (κ2) is 44.4. The van der Waals surface area contributed by atoms with Gasteiger partial charge in [-0.3, -0.25) is 0 Å². The molecule has 0 aromatic carbocycles. The molecule has 0 amide bonds. The summed E-state index contributed by atoms with van der Waals surface area (Å²) in [6, 6.07) is 0. The summed E-state index contributed by atoms with van der Waals surface area (Å²) in [6.07, 6.45) is 47.7. The van der Waals surface area contributed by atoms with Crippen LogP contribution in [-0.4, -0.2) is 40.2 Å². The van der Waals surface area contributed by atoms with Crippen LogP contribution >= 0.6 is 48.9 Å². The second-order valence-electron chi connectivity index (χ2n) is 16.7. The molecule has 0 saturated heterocycles. The Morgan fingerprint density at radius 3 is 0.544 bits per heavy atom. The van der Waals surface area contributed by atoms with Crippen LogP contribution in [0.5, 0.6) is 0 Å². The molecule has 0 bridgehead atoms. The van der Waals surface area contributed by atoms with Crippen LogP contribution in [0.25, 0.3) is 0 Å². The monoisotopic (exact) mass is 980 g/mol. The minimum Gasteiger partial charge on any atom is -0.0654 e. The average Bonchev–Trinajstić information content (AvgIpc) is 3.18. The molecule has 9 heteroatoms. The van der Waals surface area contributed by atoms with E-state index < -0.39 is 20.0 Å². The van der Waals surface area contributed by atoms with Gasteiger partial charge in [0.1, 0.15) is 0 Å². The van der Waals surface area contributed by atoms with Gasteiger partial charge in [-0.05, 0) is 0 Å². The normalized spacial score (nSPS) is 11.4.